The normalized spacial score (nSPS) is 11.3. The first-order valence-corrected chi connectivity index (χ1v) is 8.61. The Morgan fingerprint density at radius 2 is 1.55 bits per heavy atom. The predicted octanol–water partition coefficient (Wildman–Crippen LogP) is -5.26. The Hall–Kier alpha value is 2.83. The maximum atomic E-state index is 10.5. The molecule has 1 aromatic carbocycles. The van der Waals surface area contributed by atoms with Crippen molar-refractivity contribution >= 4 is 52.7 Å². The number of rotatable bonds is 5. The summed E-state index contributed by atoms with van der Waals surface area (Å²) in [7, 11) is -10.1. The van der Waals surface area contributed by atoms with Crippen molar-refractivity contribution in [2.75, 3.05) is 0 Å². The molecule has 0 fully saturated rings. The summed E-state index contributed by atoms with van der Waals surface area (Å²) in [5, 5.41) is 9.53. The molecule has 0 aliphatic heterocycles. The van der Waals surface area contributed by atoms with E-state index in [0.29, 0.717) is 0 Å². The first kappa shape index (κ1) is 27.1. The molecule has 1 N–H and O–H groups in total. The molecule has 0 saturated heterocycles. The Labute approximate surface area is 228 Å². The van der Waals surface area contributed by atoms with Gasteiger partial charge in [0.05, 0.1) is 11.1 Å². The fourth-order valence-electron chi connectivity index (χ4n) is 1.07. The summed E-state index contributed by atoms with van der Waals surface area (Å²) >= 11 is 5.77. The second-order valence-corrected chi connectivity index (χ2v) is 6.80. The van der Waals surface area contributed by atoms with E-state index in [4.69, 9.17) is 0 Å². The minimum atomic E-state index is -5.13. The van der Waals surface area contributed by atoms with Crippen LogP contribution in [0.1, 0.15) is 5.56 Å². The van der Waals surface area contributed by atoms with Gasteiger partial charge < -0.3 is 18.4 Å². The van der Waals surface area contributed by atoms with Crippen LogP contribution in [0.4, 0.5) is 0 Å². The van der Waals surface area contributed by atoms with Gasteiger partial charge in [0.25, 0.3) is 10.4 Å². The number of phenols is 1. The van der Waals surface area contributed by atoms with Crippen LogP contribution in [0.15, 0.2) is 15.0 Å². The van der Waals surface area contributed by atoms with Crippen molar-refractivity contribution in [3.05, 3.63) is 20.6 Å². The molecule has 0 spiro atoms. The molecule has 0 saturated carbocycles. The van der Waals surface area contributed by atoms with Gasteiger partial charge in [0.1, 0.15) is 0 Å². The van der Waals surface area contributed by atoms with Gasteiger partial charge in [0, 0.05) is 4.47 Å². The molecule has 0 aromatic heterocycles. The fraction of sp³-hybridized carbons (Fsp3) is 0.143. The third-order valence-corrected chi connectivity index (χ3v) is 4.73. The zero-order valence-corrected chi connectivity index (χ0v) is 22.1. The van der Waals surface area contributed by atoms with Crippen LogP contribution in [0.25, 0.3) is 0 Å². The Balaban J connectivity index is 0. The number of hydrogen-bond acceptors (Lipinski definition) is 9. The van der Waals surface area contributed by atoms with E-state index < -0.39 is 38.9 Å². The van der Waals surface area contributed by atoms with E-state index in [1.54, 1.807) is 0 Å². The first-order chi connectivity index (χ1) is 8.91. The summed E-state index contributed by atoms with van der Waals surface area (Å²) in [5.41, 5.74) is -0.00977. The van der Waals surface area contributed by atoms with Gasteiger partial charge in [-0.15, -0.1) is 0 Å². The molecule has 0 unspecified atom stereocenters. The van der Waals surface area contributed by atoms with Crippen LogP contribution in [0.3, 0.4) is 0 Å². The van der Waals surface area contributed by atoms with Gasteiger partial charge >= 0.3 is 103 Å². The number of hydrogen-bond donors (Lipinski definition) is 1. The zero-order valence-electron chi connectivity index (χ0n) is 11.1. The maximum absolute atomic E-state index is 10.5. The van der Waals surface area contributed by atoms with E-state index in [-0.39, 0.29) is 117 Å². The van der Waals surface area contributed by atoms with Crippen LogP contribution in [0.2, 0.25) is 0 Å². The topological polar surface area (TPSA) is 153 Å². The molecular weight excluding hydrogens is 530 g/mol. The number of phenolic OH excluding ortho intramolecular Hbond substituents is 1. The van der Waals surface area contributed by atoms with Crippen LogP contribution in [0.5, 0.6) is 11.5 Å². The monoisotopic (exact) mass is 532 g/mol. The van der Waals surface area contributed by atoms with Crippen molar-refractivity contribution in [1.82, 2.24) is 0 Å². The molecule has 22 heavy (non-hydrogen) atoms. The van der Waals surface area contributed by atoms with E-state index >= 15 is 0 Å². The average molecular weight is 534 g/mol. The Bertz CT molecular complexity index is 735. The molecule has 15 heteroatoms. The Morgan fingerprint density at radius 3 is 1.95 bits per heavy atom. The largest absolute Gasteiger partial charge is 1.00 e. The van der Waals surface area contributed by atoms with Crippen LogP contribution in [0, 0.1) is 0 Å². The van der Waals surface area contributed by atoms with Crippen molar-refractivity contribution in [2.24, 2.45) is 0 Å². The van der Waals surface area contributed by atoms with Gasteiger partial charge in [-0.25, -0.2) is 16.8 Å². The third kappa shape index (κ3) is 9.51. The first-order valence-electron chi connectivity index (χ1n) is 4.36. The van der Waals surface area contributed by atoms with Gasteiger partial charge in [0.2, 0.25) is 10.4 Å². The molecule has 0 heterocycles. The number of benzene rings is 1. The summed E-state index contributed by atoms with van der Waals surface area (Å²) < 4.78 is 70.3. The van der Waals surface area contributed by atoms with Crippen LogP contribution in [-0.2, 0) is 31.6 Å². The summed E-state index contributed by atoms with van der Waals surface area (Å²) in [6, 6.07) is 0.862. The van der Waals surface area contributed by atoms with Crippen LogP contribution < -0.4 is 107 Å². The summed E-state index contributed by atoms with van der Waals surface area (Å²) in [6.07, 6.45) is 0. The zero-order chi connectivity index (χ0) is 15.7. The van der Waals surface area contributed by atoms with E-state index in [0.717, 1.165) is 6.07 Å². The second-order valence-electron chi connectivity index (χ2n) is 3.17. The van der Waals surface area contributed by atoms with E-state index in [1.165, 1.54) is 0 Å². The smallest absolute Gasteiger partial charge is 0.726 e. The molecule has 1 rings (SSSR count). The second kappa shape index (κ2) is 10.9. The van der Waals surface area contributed by atoms with Gasteiger partial charge in [-0.1, -0.05) is 0 Å². The van der Waals surface area contributed by atoms with Gasteiger partial charge in [0.15, 0.2) is 11.5 Å². The van der Waals surface area contributed by atoms with Gasteiger partial charge in [-0.2, -0.15) is 0 Å². The molecule has 0 aliphatic carbocycles. The maximum Gasteiger partial charge on any atom is 1.00 e. The van der Waals surface area contributed by atoms with Crippen molar-refractivity contribution in [3.8, 4) is 11.5 Å². The quantitative estimate of drug-likeness (QED) is 0.222. The SMILES string of the molecule is O=S(=O)([O-])OCc1cc(O)c(OS(=O)(=O)[O-])c(Br)c1Br.[K+].[K+]. The van der Waals surface area contributed by atoms with Crippen molar-refractivity contribution in [3.63, 3.8) is 0 Å². The Kier molecular flexibility index (Phi) is 13.3. The minimum absolute atomic E-state index is 0. The molecule has 9 nitrogen and oxygen atoms in total. The Morgan fingerprint density at radius 1 is 1.05 bits per heavy atom. The van der Waals surface area contributed by atoms with Crippen molar-refractivity contribution < 1.29 is 142 Å². The fourth-order valence-corrected chi connectivity index (χ4v) is 2.77. The molecule has 0 bridgehead atoms. The molecule has 0 amide bonds. The van der Waals surface area contributed by atoms with Crippen LogP contribution in [-0.4, -0.2) is 31.0 Å². The molecule has 0 aliphatic rings. The molecule has 1 aromatic rings. The number of aromatic hydroxyl groups is 1. The summed E-state index contributed by atoms with van der Waals surface area (Å²) in [5.74, 6) is -1.47. The molecule has 0 atom stereocenters. The van der Waals surface area contributed by atoms with E-state index in [2.05, 4.69) is 40.2 Å². The number of halogens is 2. The average Bonchev–Trinajstić information content (AvgIpc) is 2.25. The third-order valence-electron chi connectivity index (χ3n) is 1.76. The minimum Gasteiger partial charge on any atom is -0.726 e. The molecule has 0 radical (unpaired) electrons. The van der Waals surface area contributed by atoms with Crippen molar-refractivity contribution in [1.29, 1.82) is 0 Å². The summed E-state index contributed by atoms with van der Waals surface area (Å²) in [6.45, 7) is -0.719. The predicted molar refractivity (Wildman–Crippen MR) is 68.3 cm³/mol. The van der Waals surface area contributed by atoms with Gasteiger partial charge in [-0.05, 0) is 43.5 Å². The van der Waals surface area contributed by atoms with Gasteiger partial charge in [-0.3, -0.25) is 4.18 Å². The summed E-state index contributed by atoms with van der Waals surface area (Å²) in [4.78, 5) is 0. The van der Waals surface area contributed by atoms with Crippen LogP contribution >= 0.6 is 31.9 Å². The molecular formula is C7H4Br2K2O9S2. The standard InChI is InChI=1S/C7H6Br2O9S2.2K/c8-5-3(2-17-19(11,12)13)1-4(10)7(6(5)9)18-20(14,15)16;;/h1,10H,2H2,(H,11,12,13)(H,14,15,16);;/q;2*+1/p-2. The molecule has 114 valence electrons. The van der Waals surface area contributed by atoms with E-state index in [1.807, 2.05) is 0 Å². The van der Waals surface area contributed by atoms with Crippen molar-refractivity contribution in [2.45, 2.75) is 6.61 Å². The van der Waals surface area contributed by atoms with E-state index in [9.17, 15) is 31.0 Å².